The molecule has 1 aromatic heterocycles. The van der Waals surface area contributed by atoms with Crippen molar-refractivity contribution in [3.63, 3.8) is 0 Å². The molecule has 0 aliphatic carbocycles. The highest BCUT2D eigenvalue weighted by Crippen LogP contribution is 2.05. The standard InChI is InChI=1S/C15H15N3O2S/c1-9-5-13(19)12(8-17-9)15(20)18-7-10-3-2-4-11(6-10)14(16)21/h2-6,8H,7H2,1H3,(H2,16,21)(H,17,19)(H,18,20). The lowest BCUT2D eigenvalue weighted by molar-refractivity contribution is 0.0949. The number of thiocarbonyl (C=S) groups is 1. The molecule has 0 saturated heterocycles. The predicted octanol–water partition coefficient (Wildman–Crippen LogP) is 1.25. The summed E-state index contributed by atoms with van der Waals surface area (Å²) in [6.07, 6.45) is 1.42. The number of carbonyl (C=O) groups is 1. The Morgan fingerprint density at radius 1 is 1.38 bits per heavy atom. The van der Waals surface area contributed by atoms with Crippen LogP contribution in [0.15, 0.2) is 41.3 Å². The number of hydrogen-bond acceptors (Lipinski definition) is 3. The molecule has 0 unspecified atom stereocenters. The van der Waals surface area contributed by atoms with Crippen LogP contribution in [-0.2, 0) is 6.54 Å². The third kappa shape index (κ3) is 3.76. The first-order valence-electron chi connectivity index (χ1n) is 6.33. The molecule has 0 aliphatic heterocycles. The van der Waals surface area contributed by atoms with Crippen LogP contribution in [0.3, 0.4) is 0 Å². The Kier molecular flexibility index (Phi) is 4.49. The van der Waals surface area contributed by atoms with Gasteiger partial charge in [0.05, 0.1) is 0 Å². The van der Waals surface area contributed by atoms with Crippen molar-refractivity contribution in [2.24, 2.45) is 5.73 Å². The molecule has 6 heteroatoms. The van der Waals surface area contributed by atoms with Gasteiger partial charge >= 0.3 is 0 Å². The zero-order chi connectivity index (χ0) is 15.4. The maximum Gasteiger partial charge on any atom is 0.257 e. The van der Waals surface area contributed by atoms with E-state index in [4.69, 9.17) is 18.0 Å². The number of amides is 1. The summed E-state index contributed by atoms with van der Waals surface area (Å²) in [5, 5.41) is 2.70. The van der Waals surface area contributed by atoms with Crippen LogP contribution in [0.1, 0.15) is 27.2 Å². The van der Waals surface area contributed by atoms with Crippen LogP contribution in [0, 0.1) is 6.92 Å². The lowest BCUT2D eigenvalue weighted by Gasteiger charge is -2.07. The number of H-pyrrole nitrogens is 1. The van der Waals surface area contributed by atoms with Crippen molar-refractivity contribution >= 4 is 23.1 Å². The van der Waals surface area contributed by atoms with E-state index in [2.05, 4.69) is 10.3 Å². The van der Waals surface area contributed by atoms with E-state index < -0.39 is 5.91 Å². The smallest absolute Gasteiger partial charge is 0.257 e. The molecule has 21 heavy (non-hydrogen) atoms. The van der Waals surface area contributed by atoms with E-state index in [0.717, 1.165) is 11.1 Å². The Morgan fingerprint density at radius 2 is 2.14 bits per heavy atom. The second kappa shape index (κ2) is 6.32. The van der Waals surface area contributed by atoms with Crippen molar-refractivity contribution in [2.75, 3.05) is 0 Å². The molecule has 1 aromatic carbocycles. The van der Waals surface area contributed by atoms with Gasteiger partial charge in [0.2, 0.25) is 0 Å². The number of hydrogen-bond donors (Lipinski definition) is 3. The molecule has 2 rings (SSSR count). The Bertz CT molecular complexity index is 753. The summed E-state index contributed by atoms with van der Waals surface area (Å²) < 4.78 is 0. The summed E-state index contributed by atoms with van der Waals surface area (Å²) in [5.41, 5.74) is 7.65. The number of pyridine rings is 1. The zero-order valence-electron chi connectivity index (χ0n) is 11.5. The first kappa shape index (κ1) is 14.9. The summed E-state index contributed by atoms with van der Waals surface area (Å²) in [7, 11) is 0. The fourth-order valence-electron chi connectivity index (χ4n) is 1.86. The highest BCUT2D eigenvalue weighted by Gasteiger charge is 2.10. The number of aromatic nitrogens is 1. The normalized spacial score (nSPS) is 10.1. The van der Waals surface area contributed by atoms with Crippen LogP contribution in [0.2, 0.25) is 0 Å². The van der Waals surface area contributed by atoms with E-state index in [1.54, 1.807) is 13.0 Å². The topological polar surface area (TPSA) is 88.0 Å². The molecule has 5 nitrogen and oxygen atoms in total. The van der Waals surface area contributed by atoms with Gasteiger partial charge in [0.15, 0.2) is 5.43 Å². The molecule has 0 fully saturated rings. The van der Waals surface area contributed by atoms with Gasteiger partial charge in [-0.1, -0.05) is 30.4 Å². The molecule has 2 aromatic rings. The van der Waals surface area contributed by atoms with Gasteiger partial charge in [0.1, 0.15) is 10.6 Å². The molecule has 0 spiro atoms. The number of carbonyl (C=O) groups excluding carboxylic acids is 1. The minimum Gasteiger partial charge on any atom is -0.389 e. The third-order valence-electron chi connectivity index (χ3n) is 2.97. The number of aromatic amines is 1. The quantitative estimate of drug-likeness (QED) is 0.742. The number of nitrogens with two attached hydrogens (primary N) is 1. The van der Waals surface area contributed by atoms with Gasteiger partial charge in [-0.25, -0.2) is 0 Å². The van der Waals surface area contributed by atoms with Crippen molar-refractivity contribution in [1.29, 1.82) is 0 Å². The molecule has 4 N–H and O–H groups in total. The summed E-state index contributed by atoms with van der Waals surface area (Å²) in [6, 6.07) is 8.67. The van der Waals surface area contributed by atoms with Crippen LogP contribution >= 0.6 is 12.2 Å². The molecule has 0 saturated carbocycles. The lowest BCUT2D eigenvalue weighted by Crippen LogP contribution is -2.28. The maximum absolute atomic E-state index is 12.0. The lowest BCUT2D eigenvalue weighted by atomic mass is 10.1. The number of benzene rings is 1. The highest BCUT2D eigenvalue weighted by molar-refractivity contribution is 7.80. The van der Waals surface area contributed by atoms with Crippen LogP contribution in [-0.4, -0.2) is 15.9 Å². The fraction of sp³-hybridized carbons (Fsp3) is 0.133. The minimum absolute atomic E-state index is 0.0890. The van der Waals surface area contributed by atoms with Gasteiger partial charge in [-0.2, -0.15) is 0 Å². The molecule has 0 atom stereocenters. The summed E-state index contributed by atoms with van der Waals surface area (Å²) >= 11 is 4.91. The number of aryl methyl sites for hydroxylation is 1. The summed E-state index contributed by atoms with van der Waals surface area (Å²) in [6.45, 7) is 2.05. The monoisotopic (exact) mass is 301 g/mol. The fourth-order valence-corrected chi connectivity index (χ4v) is 1.99. The second-order valence-corrected chi connectivity index (χ2v) is 5.08. The highest BCUT2D eigenvalue weighted by atomic mass is 32.1. The third-order valence-corrected chi connectivity index (χ3v) is 3.20. The van der Waals surface area contributed by atoms with Crippen molar-refractivity contribution in [1.82, 2.24) is 10.3 Å². The Hall–Kier alpha value is -2.47. The molecule has 0 radical (unpaired) electrons. The first-order valence-corrected chi connectivity index (χ1v) is 6.74. The Labute approximate surface area is 127 Å². The number of nitrogens with one attached hydrogen (secondary N) is 2. The average Bonchev–Trinajstić information content (AvgIpc) is 2.45. The van der Waals surface area contributed by atoms with Gasteiger partial charge in [-0.05, 0) is 18.6 Å². The van der Waals surface area contributed by atoms with E-state index in [0.29, 0.717) is 17.2 Å². The SMILES string of the molecule is Cc1cc(=O)c(C(=O)NCc2cccc(C(N)=S)c2)c[nH]1. The van der Waals surface area contributed by atoms with E-state index in [9.17, 15) is 9.59 Å². The summed E-state index contributed by atoms with van der Waals surface area (Å²) in [4.78, 5) is 26.9. The van der Waals surface area contributed by atoms with E-state index in [1.807, 2.05) is 18.2 Å². The van der Waals surface area contributed by atoms with Gasteiger partial charge in [0.25, 0.3) is 5.91 Å². The van der Waals surface area contributed by atoms with Gasteiger partial charge < -0.3 is 16.0 Å². The van der Waals surface area contributed by atoms with Gasteiger partial charge in [-0.15, -0.1) is 0 Å². The molecule has 1 amide bonds. The van der Waals surface area contributed by atoms with Crippen molar-refractivity contribution in [3.8, 4) is 0 Å². The predicted molar refractivity (Wildman–Crippen MR) is 85.3 cm³/mol. The van der Waals surface area contributed by atoms with Crippen molar-refractivity contribution in [2.45, 2.75) is 13.5 Å². The maximum atomic E-state index is 12.0. The molecule has 108 valence electrons. The van der Waals surface area contributed by atoms with Crippen LogP contribution < -0.4 is 16.5 Å². The minimum atomic E-state index is -0.419. The van der Waals surface area contributed by atoms with E-state index >= 15 is 0 Å². The van der Waals surface area contributed by atoms with Crippen LogP contribution in [0.4, 0.5) is 0 Å². The van der Waals surface area contributed by atoms with Crippen molar-refractivity contribution in [3.05, 3.63) is 69.1 Å². The molecule has 0 aliphatic rings. The largest absolute Gasteiger partial charge is 0.389 e. The number of rotatable bonds is 4. The first-order chi connectivity index (χ1) is 9.97. The average molecular weight is 301 g/mol. The van der Waals surface area contributed by atoms with Gasteiger partial charge in [-0.3, -0.25) is 9.59 Å². The Morgan fingerprint density at radius 3 is 2.81 bits per heavy atom. The van der Waals surface area contributed by atoms with E-state index in [-0.39, 0.29) is 11.0 Å². The van der Waals surface area contributed by atoms with Crippen LogP contribution in [0.25, 0.3) is 0 Å². The molecular formula is C15H15N3O2S. The second-order valence-electron chi connectivity index (χ2n) is 4.64. The molecule has 0 bridgehead atoms. The molecule has 1 heterocycles. The molecular weight excluding hydrogens is 286 g/mol. The van der Waals surface area contributed by atoms with Gasteiger partial charge in [0, 0.05) is 30.1 Å². The zero-order valence-corrected chi connectivity index (χ0v) is 12.3. The van der Waals surface area contributed by atoms with E-state index in [1.165, 1.54) is 12.3 Å². The van der Waals surface area contributed by atoms with Crippen molar-refractivity contribution < 1.29 is 4.79 Å². The van der Waals surface area contributed by atoms with Crippen LogP contribution in [0.5, 0.6) is 0 Å². The Balaban J connectivity index is 2.09. The summed E-state index contributed by atoms with van der Waals surface area (Å²) in [5.74, 6) is -0.419.